The van der Waals surface area contributed by atoms with E-state index in [0.29, 0.717) is 12.2 Å². The van der Waals surface area contributed by atoms with E-state index in [1.807, 2.05) is 0 Å². The lowest BCUT2D eigenvalue weighted by atomic mass is 10.1. The van der Waals surface area contributed by atoms with Crippen LogP contribution in [0.2, 0.25) is 0 Å². The van der Waals surface area contributed by atoms with E-state index in [1.165, 1.54) is 12.1 Å². The number of nitrogens with one attached hydrogen (secondary N) is 1. The number of benzene rings is 2. The molecule has 0 saturated carbocycles. The molecule has 144 valence electrons. The number of carbonyl (C=O) groups is 1. The third-order valence-corrected chi connectivity index (χ3v) is 4.20. The second-order valence-electron chi connectivity index (χ2n) is 6.01. The molecular formula is C18H12F3N3O4. The number of carbonyl (C=O) groups excluding carboxylic acids is 1. The maximum Gasteiger partial charge on any atom is 0.573 e. The zero-order valence-corrected chi connectivity index (χ0v) is 14.1. The third-order valence-electron chi connectivity index (χ3n) is 4.20. The van der Waals surface area contributed by atoms with Crippen molar-refractivity contribution in [2.75, 3.05) is 18.5 Å². The SMILES string of the molecule is O=C1c2cc(OC(F)(F)F)ccc2-n2c1nc1cc(NCCO)ccc1c2=O. The molecule has 2 aromatic carbocycles. The van der Waals surface area contributed by atoms with Gasteiger partial charge in [0.25, 0.3) is 5.56 Å². The lowest BCUT2D eigenvalue weighted by Gasteiger charge is -2.10. The molecule has 0 unspecified atom stereocenters. The molecule has 0 bridgehead atoms. The summed E-state index contributed by atoms with van der Waals surface area (Å²) in [5, 5.41) is 12.1. The van der Waals surface area contributed by atoms with Gasteiger partial charge in [0.1, 0.15) is 5.75 Å². The fourth-order valence-electron chi connectivity index (χ4n) is 3.08. The molecule has 0 saturated heterocycles. The van der Waals surface area contributed by atoms with E-state index in [-0.39, 0.29) is 34.6 Å². The van der Waals surface area contributed by atoms with E-state index in [1.54, 1.807) is 12.1 Å². The van der Waals surface area contributed by atoms with Gasteiger partial charge in [-0.25, -0.2) is 4.98 Å². The Hall–Kier alpha value is -3.40. The first-order valence-electron chi connectivity index (χ1n) is 8.15. The summed E-state index contributed by atoms with van der Waals surface area (Å²) in [6.07, 6.45) is -4.90. The molecule has 2 heterocycles. The van der Waals surface area contributed by atoms with Crippen LogP contribution in [-0.2, 0) is 0 Å². The monoisotopic (exact) mass is 391 g/mol. The van der Waals surface area contributed by atoms with Crippen LogP contribution in [0.4, 0.5) is 18.9 Å². The summed E-state index contributed by atoms with van der Waals surface area (Å²) in [5.41, 5.74) is 0.399. The van der Waals surface area contributed by atoms with Crippen LogP contribution in [0.5, 0.6) is 5.75 Å². The number of rotatable bonds is 4. The number of hydrogen-bond acceptors (Lipinski definition) is 6. The molecule has 0 fully saturated rings. The van der Waals surface area contributed by atoms with Crippen molar-refractivity contribution in [3.05, 3.63) is 58.1 Å². The highest BCUT2D eigenvalue weighted by atomic mass is 19.4. The Labute approximate surface area is 155 Å². The van der Waals surface area contributed by atoms with Crippen LogP contribution in [0.25, 0.3) is 16.6 Å². The minimum Gasteiger partial charge on any atom is -0.406 e. The van der Waals surface area contributed by atoms with Crippen molar-refractivity contribution in [3.63, 3.8) is 0 Å². The lowest BCUT2D eigenvalue weighted by molar-refractivity contribution is -0.274. The van der Waals surface area contributed by atoms with Crippen LogP contribution in [0.1, 0.15) is 16.2 Å². The number of fused-ring (bicyclic) bond motifs is 4. The Morgan fingerprint density at radius 2 is 1.93 bits per heavy atom. The van der Waals surface area contributed by atoms with Gasteiger partial charge in [0.05, 0.1) is 28.8 Å². The van der Waals surface area contributed by atoms with Crippen molar-refractivity contribution in [3.8, 4) is 11.4 Å². The van der Waals surface area contributed by atoms with E-state index in [0.717, 1.165) is 16.7 Å². The quantitative estimate of drug-likeness (QED) is 0.554. The van der Waals surface area contributed by atoms with Gasteiger partial charge in [-0.15, -0.1) is 13.2 Å². The number of halogens is 3. The summed E-state index contributed by atoms with van der Waals surface area (Å²) in [6, 6.07) is 7.91. The smallest absolute Gasteiger partial charge is 0.406 e. The molecule has 0 radical (unpaired) electrons. The van der Waals surface area contributed by atoms with Crippen LogP contribution >= 0.6 is 0 Å². The van der Waals surface area contributed by atoms with Gasteiger partial charge in [-0.3, -0.25) is 14.2 Å². The molecule has 0 atom stereocenters. The maximum absolute atomic E-state index is 12.9. The number of hydrogen-bond donors (Lipinski definition) is 2. The van der Waals surface area contributed by atoms with E-state index in [4.69, 9.17) is 5.11 Å². The summed E-state index contributed by atoms with van der Waals surface area (Å²) >= 11 is 0. The highest BCUT2D eigenvalue weighted by molar-refractivity contribution is 6.13. The van der Waals surface area contributed by atoms with Gasteiger partial charge in [-0.1, -0.05) is 0 Å². The van der Waals surface area contributed by atoms with Gasteiger partial charge < -0.3 is 15.2 Å². The number of ketones is 1. The Balaban J connectivity index is 1.84. The van der Waals surface area contributed by atoms with Gasteiger partial charge in [-0.05, 0) is 36.4 Å². The Kier molecular flexibility index (Phi) is 4.07. The highest BCUT2D eigenvalue weighted by Crippen LogP contribution is 2.32. The topological polar surface area (TPSA) is 93.5 Å². The van der Waals surface area contributed by atoms with E-state index in [2.05, 4.69) is 15.0 Å². The van der Waals surface area contributed by atoms with Crippen LogP contribution in [0.3, 0.4) is 0 Å². The van der Waals surface area contributed by atoms with Crippen molar-refractivity contribution < 1.29 is 27.8 Å². The number of nitrogens with zero attached hydrogens (tertiary/aromatic N) is 2. The van der Waals surface area contributed by atoms with Crippen LogP contribution in [-0.4, -0.2) is 40.0 Å². The Bertz CT molecular complexity index is 1170. The van der Waals surface area contributed by atoms with Gasteiger partial charge in [0.15, 0.2) is 5.82 Å². The molecule has 1 aliphatic heterocycles. The lowest BCUT2D eigenvalue weighted by Crippen LogP contribution is -2.21. The highest BCUT2D eigenvalue weighted by Gasteiger charge is 2.34. The van der Waals surface area contributed by atoms with E-state index >= 15 is 0 Å². The van der Waals surface area contributed by atoms with Crippen LogP contribution in [0.15, 0.2) is 41.2 Å². The molecule has 4 rings (SSSR count). The molecule has 28 heavy (non-hydrogen) atoms. The molecule has 3 aromatic rings. The average molecular weight is 391 g/mol. The molecule has 10 heteroatoms. The van der Waals surface area contributed by atoms with Crippen LogP contribution in [0, 0.1) is 0 Å². The summed E-state index contributed by atoms with van der Waals surface area (Å²) in [7, 11) is 0. The minimum absolute atomic E-state index is 0.0889. The predicted octanol–water partition coefficient (Wildman–Crippen LogP) is 2.23. The number of aliphatic hydroxyl groups is 1. The molecule has 0 spiro atoms. The fraction of sp³-hybridized carbons (Fsp3) is 0.167. The molecule has 0 amide bonds. The molecule has 7 nitrogen and oxygen atoms in total. The van der Waals surface area contributed by atoms with Crippen LogP contribution < -0.4 is 15.6 Å². The molecule has 1 aliphatic rings. The second kappa shape index (κ2) is 6.34. The number of alkyl halides is 3. The molecule has 2 N–H and O–H groups in total. The van der Waals surface area contributed by atoms with Gasteiger partial charge >= 0.3 is 6.36 Å². The van der Waals surface area contributed by atoms with Crippen molar-refractivity contribution >= 4 is 22.4 Å². The average Bonchev–Trinajstić information content (AvgIpc) is 2.91. The first kappa shape index (κ1) is 18.0. The van der Waals surface area contributed by atoms with E-state index < -0.39 is 23.5 Å². The Morgan fingerprint density at radius 1 is 1.14 bits per heavy atom. The predicted molar refractivity (Wildman–Crippen MR) is 93.0 cm³/mol. The van der Waals surface area contributed by atoms with Gasteiger partial charge in [-0.2, -0.15) is 0 Å². The summed E-state index contributed by atoms with van der Waals surface area (Å²) in [6.45, 7) is 0.205. The molecule has 0 aliphatic carbocycles. The summed E-state index contributed by atoms with van der Waals surface area (Å²) < 4.78 is 42.2. The number of aliphatic hydroxyl groups excluding tert-OH is 1. The number of anilines is 1. The fourth-order valence-corrected chi connectivity index (χ4v) is 3.08. The zero-order chi connectivity index (χ0) is 20.1. The van der Waals surface area contributed by atoms with Crippen molar-refractivity contribution in [2.45, 2.75) is 6.36 Å². The van der Waals surface area contributed by atoms with E-state index in [9.17, 15) is 22.8 Å². The normalized spacial score (nSPS) is 12.8. The summed E-state index contributed by atoms with van der Waals surface area (Å²) in [5.74, 6) is -1.41. The number of aromatic nitrogens is 2. The third kappa shape index (κ3) is 2.97. The Morgan fingerprint density at radius 3 is 2.64 bits per heavy atom. The maximum atomic E-state index is 12.9. The first-order valence-corrected chi connectivity index (χ1v) is 8.15. The zero-order valence-electron chi connectivity index (χ0n) is 14.1. The second-order valence-corrected chi connectivity index (χ2v) is 6.01. The molecular weight excluding hydrogens is 379 g/mol. The standard InChI is InChI=1S/C18H12F3N3O4/c19-18(20,21)28-10-2-4-14-12(8-10)15(26)16-23-13-7-9(22-5-6-25)1-3-11(13)17(27)24(14)16/h1-4,7-8,22,25H,5-6H2. The first-order chi connectivity index (χ1) is 13.3. The van der Waals surface area contributed by atoms with Crippen molar-refractivity contribution in [1.82, 2.24) is 9.55 Å². The minimum atomic E-state index is -4.90. The largest absolute Gasteiger partial charge is 0.573 e. The van der Waals surface area contributed by atoms with Gasteiger partial charge in [0.2, 0.25) is 5.78 Å². The van der Waals surface area contributed by atoms with Gasteiger partial charge in [0, 0.05) is 12.2 Å². The summed E-state index contributed by atoms with van der Waals surface area (Å²) in [4.78, 5) is 29.8. The molecule has 1 aromatic heterocycles. The number of ether oxygens (including phenoxy) is 1. The van der Waals surface area contributed by atoms with Crippen molar-refractivity contribution in [1.29, 1.82) is 0 Å². The van der Waals surface area contributed by atoms with Crippen molar-refractivity contribution in [2.24, 2.45) is 0 Å².